The summed E-state index contributed by atoms with van der Waals surface area (Å²) in [5, 5.41) is 3.36. The van der Waals surface area contributed by atoms with Gasteiger partial charge in [-0.1, -0.05) is 0 Å². The molecule has 6 heteroatoms. The molecule has 3 rings (SSSR count). The lowest BCUT2D eigenvalue weighted by Gasteiger charge is -2.17. The number of halogens is 1. The topological polar surface area (TPSA) is 58.6 Å². The molecule has 0 unspecified atom stereocenters. The van der Waals surface area contributed by atoms with Gasteiger partial charge in [-0.15, -0.1) is 12.4 Å². The molecule has 0 aromatic heterocycles. The molecule has 2 atom stereocenters. The summed E-state index contributed by atoms with van der Waals surface area (Å²) in [7, 11) is 1.59. The van der Waals surface area contributed by atoms with Gasteiger partial charge in [-0.25, -0.2) is 0 Å². The Kier molecular flexibility index (Phi) is 6.02. The van der Waals surface area contributed by atoms with Crippen molar-refractivity contribution < 1.29 is 14.3 Å². The van der Waals surface area contributed by atoms with E-state index in [0.717, 1.165) is 31.9 Å². The summed E-state index contributed by atoms with van der Waals surface area (Å²) >= 11 is 0. The minimum atomic E-state index is 0. The Bertz CT molecular complexity index is 549. The number of benzene rings is 1. The molecule has 2 heterocycles. The highest BCUT2D eigenvalue weighted by molar-refractivity contribution is 5.98. The minimum absolute atomic E-state index is 0. The summed E-state index contributed by atoms with van der Waals surface area (Å²) in [6, 6.07) is 7.03. The third-order valence-electron chi connectivity index (χ3n) is 4.72. The van der Waals surface area contributed by atoms with Crippen molar-refractivity contribution in [3.8, 4) is 5.75 Å². The molecule has 0 saturated carbocycles. The second kappa shape index (κ2) is 7.79. The van der Waals surface area contributed by atoms with Crippen molar-refractivity contribution in [1.82, 2.24) is 10.2 Å². The Morgan fingerprint density at radius 1 is 1.13 bits per heavy atom. The fourth-order valence-electron chi connectivity index (χ4n) is 3.36. The van der Waals surface area contributed by atoms with E-state index in [1.165, 1.54) is 0 Å². The van der Waals surface area contributed by atoms with Gasteiger partial charge in [-0.2, -0.15) is 0 Å². The Morgan fingerprint density at radius 3 is 2.30 bits per heavy atom. The van der Waals surface area contributed by atoms with Gasteiger partial charge in [0.1, 0.15) is 5.75 Å². The summed E-state index contributed by atoms with van der Waals surface area (Å²) in [6.07, 6.45) is 0.576. The van der Waals surface area contributed by atoms with Crippen LogP contribution >= 0.6 is 12.4 Å². The fraction of sp³-hybridized carbons (Fsp3) is 0.529. The summed E-state index contributed by atoms with van der Waals surface area (Å²) in [6.45, 7) is 3.71. The first-order valence-corrected chi connectivity index (χ1v) is 7.83. The third-order valence-corrected chi connectivity index (χ3v) is 4.72. The number of nitrogens with one attached hydrogen (secondary N) is 1. The van der Waals surface area contributed by atoms with Gasteiger partial charge in [0.25, 0.3) is 0 Å². The van der Waals surface area contributed by atoms with Crippen molar-refractivity contribution >= 4 is 24.1 Å². The van der Waals surface area contributed by atoms with Gasteiger partial charge in [0.2, 0.25) is 5.91 Å². The molecule has 0 radical (unpaired) electrons. The monoisotopic (exact) mass is 338 g/mol. The Morgan fingerprint density at radius 2 is 1.74 bits per heavy atom. The van der Waals surface area contributed by atoms with Crippen molar-refractivity contribution in [2.45, 2.75) is 12.8 Å². The van der Waals surface area contributed by atoms with Crippen molar-refractivity contribution in [3.05, 3.63) is 29.8 Å². The second-order valence-electron chi connectivity index (χ2n) is 6.13. The maximum Gasteiger partial charge on any atom is 0.223 e. The number of fused-ring (bicyclic) bond motifs is 1. The highest BCUT2D eigenvalue weighted by Crippen LogP contribution is 2.26. The zero-order valence-electron chi connectivity index (χ0n) is 13.3. The average molecular weight is 339 g/mol. The molecule has 23 heavy (non-hydrogen) atoms. The van der Waals surface area contributed by atoms with E-state index in [-0.39, 0.29) is 30.5 Å². The number of Topliss-reactive ketones (excluding diaryl/α,β-unsaturated/α-hetero) is 1. The van der Waals surface area contributed by atoms with Crippen LogP contribution in [0, 0.1) is 11.8 Å². The van der Waals surface area contributed by atoms with Gasteiger partial charge < -0.3 is 15.0 Å². The smallest absolute Gasteiger partial charge is 0.223 e. The van der Waals surface area contributed by atoms with E-state index in [0.29, 0.717) is 23.8 Å². The number of amides is 1. The van der Waals surface area contributed by atoms with Gasteiger partial charge in [-0.05, 0) is 36.1 Å². The van der Waals surface area contributed by atoms with Crippen LogP contribution in [-0.4, -0.2) is 49.9 Å². The number of methoxy groups -OCH3 is 1. The summed E-state index contributed by atoms with van der Waals surface area (Å²) < 4.78 is 5.07. The number of hydrogen-bond donors (Lipinski definition) is 1. The van der Waals surface area contributed by atoms with Crippen LogP contribution < -0.4 is 10.1 Å². The second-order valence-corrected chi connectivity index (χ2v) is 6.13. The van der Waals surface area contributed by atoms with Gasteiger partial charge in [-0.3, -0.25) is 9.59 Å². The number of rotatable bonds is 5. The normalized spacial score (nSPS) is 22.4. The number of carbonyl (C=O) groups excluding carboxylic acids is 2. The Balaban J connectivity index is 0.00000192. The molecule has 1 aromatic carbocycles. The molecule has 2 aliphatic rings. The van der Waals surface area contributed by atoms with E-state index in [4.69, 9.17) is 4.74 Å². The van der Waals surface area contributed by atoms with Gasteiger partial charge >= 0.3 is 0 Å². The highest BCUT2D eigenvalue weighted by Gasteiger charge is 2.37. The number of nitrogens with zero attached hydrogens (tertiary/aromatic N) is 1. The molecule has 1 amide bonds. The summed E-state index contributed by atoms with van der Waals surface area (Å²) in [5.41, 5.74) is 0.635. The van der Waals surface area contributed by atoms with E-state index in [2.05, 4.69) is 5.32 Å². The van der Waals surface area contributed by atoms with Crippen LogP contribution in [0.3, 0.4) is 0 Å². The number of likely N-dealkylation sites (tertiary alicyclic amines) is 1. The van der Waals surface area contributed by atoms with Crippen LogP contribution in [0.2, 0.25) is 0 Å². The molecule has 1 aromatic rings. The maximum absolute atomic E-state index is 12.2. The molecule has 126 valence electrons. The van der Waals surface area contributed by atoms with Crippen LogP contribution in [0.25, 0.3) is 0 Å². The minimum Gasteiger partial charge on any atom is -0.497 e. The Hall–Kier alpha value is -1.59. The van der Waals surface area contributed by atoms with E-state index in [1.54, 1.807) is 31.4 Å². The first-order chi connectivity index (χ1) is 10.7. The zero-order chi connectivity index (χ0) is 15.5. The van der Waals surface area contributed by atoms with Crippen molar-refractivity contribution in [3.63, 3.8) is 0 Å². The largest absolute Gasteiger partial charge is 0.497 e. The molecule has 2 saturated heterocycles. The Labute approximate surface area is 142 Å². The van der Waals surface area contributed by atoms with E-state index >= 15 is 0 Å². The number of ketones is 1. The van der Waals surface area contributed by atoms with Crippen molar-refractivity contribution in [2.24, 2.45) is 11.8 Å². The predicted molar refractivity (Wildman–Crippen MR) is 90.2 cm³/mol. The summed E-state index contributed by atoms with van der Waals surface area (Å²) in [5.74, 6) is 2.04. The number of hydrogen-bond acceptors (Lipinski definition) is 4. The van der Waals surface area contributed by atoms with Crippen LogP contribution in [0.1, 0.15) is 23.2 Å². The van der Waals surface area contributed by atoms with Crippen LogP contribution in [0.5, 0.6) is 5.75 Å². The average Bonchev–Trinajstić information content (AvgIpc) is 3.14. The van der Waals surface area contributed by atoms with Crippen LogP contribution in [0.15, 0.2) is 24.3 Å². The first-order valence-electron chi connectivity index (χ1n) is 7.83. The molecule has 0 bridgehead atoms. The molecule has 2 fully saturated rings. The van der Waals surface area contributed by atoms with E-state index < -0.39 is 0 Å². The zero-order valence-corrected chi connectivity index (χ0v) is 14.1. The molecular weight excluding hydrogens is 316 g/mol. The quantitative estimate of drug-likeness (QED) is 0.831. The number of ether oxygens (including phenoxy) is 1. The van der Waals surface area contributed by atoms with Gasteiger partial charge in [0.05, 0.1) is 7.11 Å². The van der Waals surface area contributed by atoms with Crippen molar-refractivity contribution in [2.75, 3.05) is 33.3 Å². The van der Waals surface area contributed by atoms with Gasteiger partial charge in [0.15, 0.2) is 5.78 Å². The lowest BCUT2D eigenvalue weighted by molar-refractivity contribution is -0.130. The van der Waals surface area contributed by atoms with E-state index in [1.807, 2.05) is 4.90 Å². The van der Waals surface area contributed by atoms with E-state index in [9.17, 15) is 9.59 Å². The molecule has 0 aliphatic carbocycles. The molecular formula is C17H23ClN2O3. The van der Waals surface area contributed by atoms with Crippen LogP contribution in [0.4, 0.5) is 0 Å². The fourth-order valence-corrected chi connectivity index (χ4v) is 3.36. The third kappa shape index (κ3) is 4.03. The molecule has 2 aliphatic heterocycles. The lowest BCUT2D eigenvalue weighted by Crippen LogP contribution is -2.32. The highest BCUT2D eigenvalue weighted by atomic mass is 35.5. The predicted octanol–water partition coefficient (Wildman–Crippen LogP) is 1.76. The SMILES string of the molecule is COc1ccc(C(=O)CCC(=O)N2C[C@H]3CNC[C@H]3C2)cc1.Cl. The first kappa shape index (κ1) is 17.8. The van der Waals surface area contributed by atoms with Crippen molar-refractivity contribution in [1.29, 1.82) is 0 Å². The summed E-state index contributed by atoms with van der Waals surface area (Å²) in [4.78, 5) is 26.3. The molecule has 5 nitrogen and oxygen atoms in total. The van der Waals surface area contributed by atoms with Gasteiger partial charge in [0, 0.05) is 44.6 Å². The number of carbonyl (C=O) groups is 2. The molecule has 1 N–H and O–H groups in total. The maximum atomic E-state index is 12.2. The van der Waals surface area contributed by atoms with Crippen LogP contribution in [-0.2, 0) is 4.79 Å². The lowest BCUT2D eigenvalue weighted by atomic mass is 10.0. The standard InChI is InChI=1S/C17H22N2O3.ClH/c1-22-15-4-2-12(3-5-15)16(20)6-7-17(21)19-10-13-8-18-9-14(13)11-19;/h2-5,13-14,18H,6-11H2,1H3;1H/t13-,14+;. The molecule has 0 spiro atoms.